The Morgan fingerprint density at radius 2 is 1.94 bits per heavy atom. The number of benzene rings is 1. The Balaban J connectivity index is 2.19. The van der Waals surface area contributed by atoms with Gasteiger partial charge < -0.3 is 9.15 Å². The quantitative estimate of drug-likeness (QED) is 0.737. The zero-order valence-corrected chi connectivity index (χ0v) is 8.97. The van der Waals surface area contributed by atoms with Gasteiger partial charge in [0.25, 0.3) is 0 Å². The molecule has 1 aromatic carbocycles. The van der Waals surface area contributed by atoms with E-state index in [9.17, 15) is 4.79 Å². The predicted molar refractivity (Wildman–Crippen MR) is 59.8 cm³/mol. The first-order valence-corrected chi connectivity index (χ1v) is 5.11. The van der Waals surface area contributed by atoms with E-state index in [0.29, 0.717) is 17.7 Å². The van der Waals surface area contributed by atoms with Gasteiger partial charge in [-0.05, 0) is 37.3 Å². The van der Waals surface area contributed by atoms with Crippen molar-refractivity contribution in [3.05, 3.63) is 54.0 Å². The lowest BCUT2D eigenvalue weighted by molar-refractivity contribution is 0.103. The Bertz CT molecular complexity index is 454. The van der Waals surface area contributed by atoms with E-state index in [4.69, 9.17) is 9.15 Å². The molecule has 0 radical (unpaired) electrons. The van der Waals surface area contributed by atoms with E-state index in [0.717, 1.165) is 5.75 Å². The summed E-state index contributed by atoms with van der Waals surface area (Å²) in [6.07, 6.45) is 2.93. The van der Waals surface area contributed by atoms with Crippen molar-refractivity contribution in [2.75, 3.05) is 6.61 Å². The zero-order chi connectivity index (χ0) is 11.4. The number of hydrogen-bond acceptors (Lipinski definition) is 3. The van der Waals surface area contributed by atoms with E-state index < -0.39 is 0 Å². The lowest BCUT2D eigenvalue weighted by Gasteiger charge is -2.03. The van der Waals surface area contributed by atoms with Crippen LogP contribution in [0.15, 0.2) is 47.3 Å². The second kappa shape index (κ2) is 4.66. The van der Waals surface area contributed by atoms with Crippen LogP contribution in [-0.4, -0.2) is 12.4 Å². The second-order valence-electron chi connectivity index (χ2n) is 3.30. The molecule has 0 bridgehead atoms. The predicted octanol–water partition coefficient (Wildman–Crippen LogP) is 2.91. The van der Waals surface area contributed by atoms with Gasteiger partial charge >= 0.3 is 0 Å². The molecular weight excluding hydrogens is 204 g/mol. The molecule has 16 heavy (non-hydrogen) atoms. The third-order valence-corrected chi connectivity index (χ3v) is 2.21. The van der Waals surface area contributed by atoms with Crippen LogP contribution in [0.4, 0.5) is 0 Å². The van der Waals surface area contributed by atoms with Gasteiger partial charge in [-0.25, -0.2) is 0 Å². The summed E-state index contributed by atoms with van der Waals surface area (Å²) >= 11 is 0. The minimum absolute atomic E-state index is 0.0446. The molecule has 0 amide bonds. The lowest BCUT2D eigenvalue weighted by Crippen LogP contribution is -1.99. The molecule has 3 nitrogen and oxygen atoms in total. The average Bonchev–Trinajstić information content (AvgIpc) is 2.83. The van der Waals surface area contributed by atoms with Gasteiger partial charge in [0, 0.05) is 5.56 Å². The smallest absolute Gasteiger partial charge is 0.196 e. The second-order valence-corrected chi connectivity index (χ2v) is 3.30. The standard InChI is InChI=1S/C13H12O3/c1-2-16-12-5-3-10(4-6-12)13(14)11-7-8-15-9-11/h3-9H,2H2,1H3. The monoisotopic (exact) mass is 216 g/mol. The Morgan fingerprint density at radius 1 is 1.19 bits per heavy atom. The van der Waals surface area contributed by atoms with E-state index in [2.05, 4.69) is 0 Å². The molecule has 2 aromatic rings. The van der Waals surface area contributed by atoms with Crippen LogP contribution in [0.1, 0.15) is 22.8 Å². The fourth-order valence-corrected chi connectivity index (χ4v) is 1.43. The summed E-state index contributed by atoms with van der Waals surface area (Å²) in [6.45, 7) is 2.54. The van der Waals surface area contributed by atoms with Crippen LogP contribution >= 0.6 is 0 Å². The van der Waals surface area contributed by atoms with Crippen molar-refractivity contribution in [3.63, 3.8) is 0 Å². The molecule has 0 fully saturated rings. The summed E-state index contributed by atoms with van der Waals surface area (Å²) in [5.74, 6) is 0.725. The third kappa shape index (κ3) is 2.14. The first-order chi connectivity index (χ1) is 7.81. The molecule has 2 rings (SSSR count). The number of carbonyl (C=O) groups is 1. The van der Waals surface area contributed by atoms with Crippen LogP contribution in [0.5, 0.6) is 5.75 Å². The van der Waals surface area contributed by atoms with Crippen molar-refractivity contribution in [2.45, 2.75) is 6.92 Å². The Labute approximate surface area is 93.7 Å². The van der Waals surface area contributed by atoms with Gasteiger partial charge in [-0.15, -0.1) is 0 Å². The Hall–Kier alpha value is -2.03. The molecule has 1 heterocycles. The van der Waals surface area contributed by atoms with Crippen molar-refractivity contribution in [1.82, 2.24) is 0 Å². The molecule has 0 aliphatic carbocycles. The topological polar surface area (TPSA) is 39.4 Å². The SMILES string of the molecule is CCOc1ccc(C(=O)c2ccoc2)cc1. The molecule has 82 valence electrons. The number of rotatable bonds is 4. The van der Waals surface area contributed by atoms with Gasteiger partial charge in [0.2, 0.25) is 0 Å². The maximum Gasteiger partial charge on any atom is 0.196 e. The fraction of sp³-hybridized carbons (Fsp3) is 0.154. The molecule has 3 heteroatoms. The molecule has 0 atom stereocenters. The maximum absolute atomic E-state index is 11.9. The van der Waals surface area contributed by atoms with Gasteiger partial charge in [0.05, 0.1) is 18.4 Å². The highest BCUT2D eigenvalue weighted by atomic mass is 16.5. The van der Waals surface area contributed by atoms with Crippen molar-refractivity contribution < 1.29 is 13.9 Å². The van der Waals surface area contributed by atoms with Crippen LogP contribution in [0, 0.1) is 0 Å². The molecule has 0 N–H and O–H groups in total. The molecule has 0 unspecified atom stereocenters. The highest BCUT2D eigenvalue weighted by Crippen LogP contribution is 2.15. The van der Waals surface area contributed by atoms with E-state index in [1.54, 1.807) is 30.3 Å². The highest BCUT2D eigenvalue weighted by molar-refractivity contribution is 6.08. The van der Waals surface area contributed by atoms with Crippen LogP contribution in [0.2, 0.25) is 0 Å². The summed E-state index contributed by atoms with van der Waals surface area (Å²) in [7, 11) is 0. The Kier molecular flexibility index (Phi) is 3.05. The summed E-state index contributed by atoms with van der Waals surface area (Å²) in [6, 6.07) is 8.73. The van der Waals surface area contributed by atoms with Crippen molar-refractivity contribution in [1.29, 1.82) is 0 Å². The van der Waals surface area contributed by atoms with E-state index in [1.807, 2.05) is 6.92 Å². The number of ketones is 1. The van der Waals surface area contributed by atoms with Crippen molar-refractivity contribution >= 4 is 5.78 Å². The molecule has 0 saturated heterocycles. The van der Waals surface area contributed by atoms with Crippen LogP contribution in [0.3, 0.4) is 0 Å². The lowest BCUT2D eigenvalue weighted by atomic mass is 10.1. The first kappa shape index (κ1) is 10.5. The van der Waals surface area contributed by atoms with Gasteiger partial charge in [0.1, 0.15) is 12.0 Å². The first-order valence-electron chi connectivity index (χ1n) is 5.11. The normalized spacial score (nSPS) is 10.1. The summed E-state index contributed by atoms with van der Waals surface area (Å²) in [5, 5.41) is 0. The average molecular weight is 216 g/mol. The zero-order valence-electron chi connectivity index (χ0n) is 8.97. The maximum atomic E-state index is 11.9. The van der Waals surface area contributed by atoms with Gasteiger partial charge in [0.15, 0.2) is 5.78 Å². The number of furan rings is 1. The van der Waals surface area contributed by atoms with Crippen molar-refractivity contribution in [3.8, 4) is 5.75 Å². The van der Waals surface area contributed by atoms with Gasteiger partial charge in [-0.1, -0.05) is 0 Å². The molecule has 0 saturated carbocycles. The minimum Gasteiger partial charge on any atom is -0.494 e. The van der Waals surface area contributed by atoms with Crippen molar-refractivity contribution in [2.24, 2.45) is 0 Å². The van der Waals surface area contributed by atoms with E-state index in [-0.39, 0.29) is 5.78 Å². The van der Waals surface area contributed by atoms with Crippen LogP contribution in [-0.2, 0) is 0 Å². The molecule has 0 aliphatic heterocycles. The molecule has 0 aliphatic rings. The van der Waals surface area contributed by atoms with E-state index in [1.165, 1.54) is 12.5 Å². The summed E-state index contributed by atoms with van der Waals surface area (Å²) in [5.41, 5.74) is 1.19. The van der Waals surface area contributed by atoms with E-state index >= 15 is 0 Å². The Morgan fingerprint density at radius 3 is 2.50 bits per heavy atom. The minimum atomic E-state index is -0.0446. The highest BCUT2D eigenvalue weighted by Gasteiger charge is 2.09. The number of carbonyl (C=O) groups excluding carboxylic acids is 1. The molecule has 0 spiro atoms. The van der Waals surface area contributed by atoms with Gasteiger partial charge in [-0.2, -0.15) is 0 Å². The van der Waals surface area contributed by atoms with Gasteiger partial charge in [-0.3, -0.25) is 4.79 Å². The fourth-order valence-electron chi connectivity index (χ4n) is 1.43. The largest absolute Gasteiger partial charge is 0.494 e. The number of ether oxygens (including phenoxy) is 1. The van der Waals surface area contributed by atoms with Crippen LogP contribution < -0.4 is 4.74 Å². The van der Waals surface area contributed by atoms with Crippen LogP contribution in [0.25, 0.3) is 0 Å². The number of hydrogen-bond donors (Lipinski definition) is 0. The third-order valence-electron chi connectivity index (χ3n) is 2.21. The molecular formula is C13H12O3. The molecule has 1 aromatic heterocycles. The summed E-state index contributed by atoms with van der Waals surface area (Å²) < 4.78 is 10.2. The summed E-state index contributed by atoms with van der Waals surface area (Å²) in [4.78, 5) is 11.9.